The van der Waals surface area contributed by atoms with Gasteiger partial charge in [0.15, 0.2) is 21.5 Å². The number of hydrogen-bond acceptors (Lipinski definition) is 3. The molecule has 3 nitrogen and oxygen atoms in total. The molecule has 1 heterocycles. The highest BCUT2D eigenvalue weighted by Gasteiger charge is 2.29. The molecule has 1 unspecified atom stereocenters. The van der Waals surface area contributed by atoms with Crippen LogP contribution in [0.5, 0.6) is 0 Å². The van der Waals surface area contributed by atoms with Crippen LogP contribution in [0, 0.1) is 17.5 Å². The van der Waals surface area contributed by atoms with E-state index in [2.05, 4.69) is 5.32 Å². The molecule has 1 fully saturated rings. The number of piperidine rings is 1. The lowest BCUT2D eigenvalue weighted by molar-refractivity contribution is 0.381. The monoisotopic (exact) mass is 293 g/mol. The van der Waals surface area contributed by atoms with E-state index in [0.717, 1.165) is 18.9 Å². The third kappa shape index (κ3) is 2.76. The summed E-state index contributed by atoms with van der Waals surface area (Å²) in [5.41, 5.74) is -0.151. The van der Waals surface area contributed by atoms with Crippen molar-refractivity contribution in [3.63, 3.8) is 0 Å². The van der Waals surface area contributed by atoms with Gasteiger partial charge in [-0.15, -0.1) is 0 Å². The van der Waals surface area contributed by atoms with E-state index in [0.29, 0.717) is 19.2 Å². The minimum absolute atomic E-state index is 0.151. The number of nitrogens with one attached hydrogen (secondary N) is 1. The first-order valence-corrected chi connectivity index (χ1v) is 7.82. The lowest BCUT2D eigenvalue weighted by atomic mass is 9.97. The van der Waals surface area contributed by atoms with Crippen molar-refractivity contribution in [2.45, 2.75) is 30.2 Å². The number of halogens is 3. The summed E-state index contributed by atoms with van der Waals surface area (Å²) in [7, 11) is -4.14. The fourth-order valence-corrected chi connectivity index (χ4v) is 3.14. The van der Waals surface area contributed by atoms with Crippen molar-refractivity contribution in [2.75, 3.05) is 12.8 Å². The fourth-order valence-electron chi connectivity index (χ4n) is 2.31. The smallest absolute Gasteiger partial charge is 0.181 e. The van der Waals surface area contributed by atoms with Crippen LogP contribution in [0.15, 0.2) is 11.0 Å². The SMILES string of the molecule is CS(=O)(=O)c1c(F)cc(C2CCCCN2)c(F)c1F. The molecule has 1 N–H and O–H groups in total. The Labute approximate surface area is 109 Å². The highest BCUT2D eigenvalue weighted by atomic mass is 32.2. The van der Waals surface area contributed by atoms with Gasteiger partial charge in [-0.25, -0.2) is 21.6 Å². The molecule has 0 bridgehead atoms. The first-order chi connectivity index (χ1) is 8.82. The summed E-state index contributed by atoms with van der Waals surface area (Å²) in [5.74, 6) is -4.17. The Morgan fingerprint density at radius 2 is 1.89 bits per heavy atom. The van der Waals surface area contributed by atoms with Crippen LogP contribution in [0.3, 0.4) is 0 Å². The van der Waals surface area contributed by atoms with Gasteiger partial charge in [0.05, 0.1) is 0 Å². The molecule has 19 heavy (non-hydrogen) atoms. The molecular weight excluding hydrogens is 279 g/mol. The molecule has 1 aliphatic rings. The average molecular weight is 293 g/mol. The van der Waals surface area contributed by atoms with Crippen molar-refractivity contribution < 1.29 is 21.6 Å². The number of rotatable bonds is 2. The Morgan fingerprint density at radius 3 is 2.42 bits per heavy atom. The molecule has 1 aliphatic heterocycles. The summed E-state index contributed by atoms with van der Waals surface area (Å²) in [4.78, 5) is -1.20. The average Bonchev–Trinajstić information content (AvgIpc) is 2.33. The van der Waals surface area contributed by atoms with E-state index in [9.17, 15) is 21.6 Å². The standard InChI is InChI=1S/C12H14F3NO2S/c1-19(17,18)12-8(13)6-7(10(14)11(12)15)9-4-2-3-5-16-9/h6,9,16H,2-5H2,1H3. The molecule has 106 valence electrons. The molecule has 1 saturated heterocycles. The van der Waals surface area contributed by atoms with Crippen LogP contribution in [-0.4, -0.2) is 21.2 Å². The number of hydrogen-bond donors (Lipinski definition) is 1. The topological polar surface area (TPSA) is 46.2 Å². The molecule has 1 aromatic rings. The maximum absolute atomic E-state index is 13.9. The molecule has 2 rings (SSSR count). The van der Waals surface area contributed by atoms with E-state index in [1.165, 1.54) is 0 Å². The largest absolute Gasteiger partial charge is 0.310 e. The molecule has 0 radical (unpaired) electrons. The Balaban J connectivity index is 2.54. The van der Waals surface area contributed by atoms with Crippen LogP contribution in [0.25, 0.3) is 0 Å². The highest BCUT2D eigenvalue weighted by Crippen LogP contribution is 2.31. The van der Waals surface area contributed by atoms with Crippen LogP contribution in [0.1, 0.15) is 30.9 Å². The number of sulfone groups is 1. The minimum Gasteiger partial charge on any atom is -0.310 e. The second-order valence-electron chi connectivity index (χ2n) is 4.68. The van der Waals surface area contributed by atoms with E-state index >= 15 is 0 Å². The van der Waals surface area contributed by atoms with Gasteiger partial charge in [0.1, 0.15) is 10.7 Å². The lowest BCUT2D eigenvalue weighted by Gasteiger charge is -2.24. The van der Waals surface area contributed by atoms with Crippen molar-refractivity contribution in [3.05, 3.63) is 29.1 Å². The van der Waals surface area contributed by atoms with Gasteiger partial charge in [0.25, 0.3) is 0 Å². The van der Waals surface area contributed by atoms with Crippen LogP contribution >= 0.6 is 0 Å². The molecule has 0 spiro atoms. The van der Waals surface area contributed by atoms with Gasteiger partial charge in [-0.05, 0) is 25.5 Å². The van der Waals surface area contributed by atoms with E-state index in [-0.39, 0.29) is 5.56 Å². The van der Waals surface area contributed by atoms with Crippen molar-refractivity contribution >= 4 is 9.84 Å². The first-order valence-electron chi connectivity index (χ1n) is 5.93. The van der Waals surface area contributed by atoms with E-state index in [4.69, 9.17) is 0 Å². The Bertz CT molecular complexity index is 595. The first kappa shape index (κ1) is 14.3. The van der Waals surface area contributed by atoms with Gasteiger partial charge in [-0.3, -0.25) is 0 Å². The maximum atomic E-state index is 13.9. The predicted molar refractivity (Wildman–Crippen MR) is 64.0 cm³/mol. The fraction of sp³-hybridized carbons (Fsp3) is 0.500. The van der Waals surface area contributed by atoms with Gasteiger partial charge in [-0.1, -0.05) is 6.42 Å². The predicted octanol–water partition coefficient (Wildman–Crippen LogP) is 2.32. The summed E-state index contributed by atoms with van der Waals surface area (Å²) < 4.78 is 63.9. The maximum Gasteiger partial charge on any atom is 0.181 e. The van der Waals surface area contributed by atoms with Crippen LogP contribution in [-0.2, 0) is 9.84 Å². The van der Waals surface area contributed by atoms with Gasteiger partial charge < -0.3 is 5.32 Å². The molecule has 0 amide bonds. The summed E-state index contributed by atoms with van der Waals surface area (Å²) >= 11 is 0. The summed E-state index contributed by atoms with van der Waals surface area (Å²) in [6.45, 7) is 0.640. The zero-order valence-electron chi connectivity index (χ0n) is 10.3. The van der Waals surface area contributed by atoms with Gasteiger partial charge in [-0.2, -0.15) is 0 Å². The van der Waals surface area contributed by atoms with Gasteiger partial charge in [0.2, 0.25) is 0 Å². The molecule has 1 aromatic carbocycles. The zero-order valence-corrected chi connectivity index (χ0v) is 11.2. The zero-order chi connectivity index (χ0) is 14.2. The molecule has 1 atom stereocenters. The minimum atomic E-state index is -4.14. The van der Waals surface area contributed by atoms with Crippen LogP contribution in [0.4, 0.5) is 13.2 Å². The van der Waals surface area contributed by atoms with E-state index in [1.54, 1.807) is 0 Å². The Hall–Kier alpha value is -1.08. The molecule has 7 heteroatoms. The number of benzene rings is 1. The quantitative estimate of drug-likeness (QED) is 0.851. The van der Waals surface area contributed by atoms with Crippen molar-refractivity contribution in [2.24, 2.45) is 0 Å². The summed E-state index contributed by atoms with van der Waals surface area (Å²) in [6, 6.07) is 0.295. The Morgan fingerprint density at radius 1 is 1.21 bits per heavy atom. The van der Waals surface area contributed by atoms with Crippen molar-refractivity contribution in [1.82, 2.24) is 5.32 Å². The molecule has 0 saturated carbocycles. The van der Waals surface area contributed by atoms with Crippen molar-refractivity contribution in [1.29, 1.82) is 0 Å². The molecule has 0 aromatic heterocycles. The van der Waals surface area contributed by atoms with E-state index < -0.39 is 38.2 Å². The van der Waals surface area contributed by atoms with Gasteiger partial charge >= 0.3 is 0 Å². The summed E-state index contributed by atoms with van der Waals surface area (Å²) in [5, 5.41) is 2.97. The molecular formula is C12H14F3NO2S. The second-order valence-corrected chi connectivity index (χ2v) is 6.63. The third-order valence-corrected chi connectivity index (χ3v) is 4.32. The summed E-state index contributed by atoms with van der Waals surface area (Å²) in [6.07, 6.45) is 2.96. The Kier molecular flexibility index (Phi) is 3.87. The highest BCUT2D eigenvalue weighted by molar-refractivity contribution is 7.90. The lowest BCUT2D eigenvalue weighted by Crippen LogP contribution is -2.28. The molecule has 0 aliphatic carbocycles. The second kappa shape index (κ2) is 5.13. The van der Waals surface area contributed by atoms with E-state index in [1.807, 2.05) is 0 Å². The van der Waals surface area contributed by atoms with Crippen molar-refractivity contribution in [3.8, 4) is 0 Å². The van der Waals surface area contributed by atoms with Gasteiger partial charge in [0, 0.05) is 17.9 Å². The normalized spacial score (nSPS) is 20.5. The third-order valence-electron chi connectivity index (χ3n) is 3.20. The van der Waals surface area contributed by atoms with Crippen LogP contribution < -0.4 is 5.32 Å². The van der Waals surface area contributed by atoms with Crippen LogP contribution in [0.2, 0.25) is 0 Å².